The lowest BCUT2D eigenvalue weighted by molar-refractivity contribution is -0.153. The summed E-state index contributed by atoms with van der Waals surface area (Å²) in [5.41, 5.74) is 0.641. The van der Waals surface area contributed by atoms with Gasteiger partial charge in [0.25, 0.3) is 0 Å². The summed E-state index contributed by atoms with van der Waals surface area (Å²) in [5, 5.41) is 0. The van der Waals surface area contributed by atoms with Crippen molar-refractivity contribution in [2.24, 2.45) is 0 Å². The highest BCUT2D eigenvalue weighted by molar-refractivity contribution is 6.36. The van der Waals surface area contributed by atoms with Crippen LogP contribution in [-0.4, -0.2) is 42.8 Å². The zero-order valence-corrected chi connectivity index (χ0v) is 15.2. The van der Waals surface area contributed by atoms with Crippen LogP contribution in [0, 0.1) is 11.6 Å². The summed E-state index contributed by atoms with van der Waals surface area (Å²) in [6.45, 7) is 0.271. The number of esters is 1. The third-order valence-electron chi connectivity index (χ3n) is 3.81. The number of ketones is 1. The monoisotopic (exact) mass is 391 g/mol. The second-order valence-electron chi connectivity index (χ2n) is 5.84. The third-order valence-corrected chi connectivity index (χ3v) is 3.81. The smallest absolute Gasteiger partial charge is 0.374 e. The first-order valence-corrected chi connectivity index (χ1v) is 8.40. The van der Waals surface area contributed by atoms with Gasteiger partial charge in [0.1, 0.15) is 24.0 Å². The van der Waals surface area contributed by atoms with E-state index < -0.39 is 35.7 Å². The molecule has 148 valence electrons. The van der Waals surface area contributed by atoms with Gasteiger partial charge in [0.05, 0.1) is 20.1 Å². The molecule has 6 nitrogen and oxygen atoms in total. The van der Waals surface area contributed by atoms with Gasteiger partial charge in [-0.25, -0.2) is 13.6 Å². The Morgan fingerprint density at radius 2 is 1.50 bits per heavy atom. The number of ether oxygens (including phenoxy) is 2. The maximum atomic E-state index is 13.1. The van der Waals surface area contributed by atoms with E-state index in [2.05, 4.69) is 4.74 Å². The van der Waals surface area contributed by atoms with Crippen LogP contribution in [0.15, 0.2) is 48.5 Å². The van der Waals surface area contributed by atoms with Gasteiger partial charge < -0.3 is 14.4 Å². The lowest BCUT2D eigenvalue weighted by Crippen LogP contribution is -2.36. The van der Waals surface area contributed by atoms with Gasteiger partial charge in [0.15, 0.2) is 0 Å². The van der Waals surface area contributed by atoms with Gasteiger partial charge in [0.2, 0.25) is 11.7 Å². The number of amides is 1. The van der Waals surface area contributed by atoms with Crippen molar-refractivity contribution in [2.45, 2.75) is 13.0 Å². The second kappa shape index (κ2) is 10.1. The molecule has 0 aliphatic heterocycles. The minimum Gasteiger partial charge on any atom is -0.492 e. The van der Waals surface area contributed by atoms with Gasteiger partial charge in [-0.15, -0.1) is 0 Å². The number of halogens is 2. The number of benzene rings is 2. The fraction of sp³-hybridized carbons (Fsp3) is 0.250. The van der Waals surface area contributed by atoms with Crippen LogP contribution in [0.2, 0.25) is 0 Å². The second-order valence-corrected chi connectivity index (χ2v) is 5.84. The minimum absolute atomic E-state index is 0.0744. The molecule has 0 saturated carbocycles. The van der Waals surface area contributed by atoms with Crippen LogP contribution in [0.4, 0.5) is 8.78 Å². The SMILES string of the molecule is COC(=O)C(=O)CC(=O)N(CCOc1ccc(F)cc1)Cc1ccc(F)cc1. The Balaban J connectivity index is 2.02. The van der Waals surface area contributed by atoms with Crippen molar-refractivity contribution in [3.63, 3.8) is 0 Å². The summed E-state index contributed by atoms with van der Waals surface area (Å²) in [6, 6.07) is 10.9. The highest BCUT2D eigenvalue weighted by Gasteiger charge is 2.23. The summed E-state index contributed by atoms with van der Waals surface area (Å²) in [4.78, 5) is 36.7. The fourth-order valence-corrected chi connectivity index (χ4v) is 2.34. The molecule has 2 aromatic rings. The molecule has 2 rings (SSSR count). The maximum absolute atomic E-state index is 13.1. The number of hydrogen-bond acceptors (Lipinski definition) is 5. The van der Waals surface area contributed by atoms with Crippen LogP contribution < -0.4 is 4.74 Å². The highest BCUT2D eigenvalue weighted by atomic mass is 19.1. The molecule has 2 aromatic carbocycles. The highest BCUT2D eigenvalue weighted by Crippen LogP contribution is 2.12. The summed E-state index contributed by atoms with van der Waals surface area (Å²) in [7, 11) is 1.05. The number of rotatable bonds is 9. The lowest BCUT2D eigenvalue weighted by Gasteiger charge is -2.22. The fourth-order valence-electron chi connectivity index (χ4n) is 2.34. The van der Waals surface area contributed by atoms with Gasteiger partial charge in [-0.05, 0) is 42.0 Å². The molecule has 1 amide bonds. The van der Waals surface area contributed by atoms with Crippen LogP contribution >= 0.6 is 0 Å². The van der Waals surface area contributed by atoms with Gasteiger partial charge in [0, 0.05) is 6.54 Å². The molecule has 0 atom stereocenters. The predicted octanol–water partition coefficient (Wildman–Crippen LogP) is 2.50. The topological polar surface area (TPSA) is 72.9 Å². The van der Waals surface area contributed by atoms with Crippen LogP contribution in [0.1, 0.15) is 12.0 Å². The largest absolute Gasteiger partial charge is 0.492 e. The van der Waals surface area contributed by atoms with E-state index in [-0.39, 0.29) is 19.7 Å². The van der Waals surface area contributed by atoms with E-state index >= 15 is 0 Å². The van der Waals surface area contributed by atoms with Gasteiger partial charge in [-0.1, -0.05) is 12.1 Å². The summed E-state index contributed by atoms with van der Waals surface area (Å²) in [6.07, 6.45) is -0.648. The number of carbonyl (C=O) groups excluding carboxylic acids is 3. The van der Waals surface area contributed by atoms with E-state index in [0.29, 0.717) is 11.3 Å². The number of nitrogens with zero attached hydrogens (tertiary/aromatic N) is 1. The molecule has 0 bridgehead atoms. The van der Waals surface area contributed by atoms with Crippen LogP contribution in [0.3, 0.4) is 0 Å². The molecule has 0 heterocycles. The molecule has 0 fully saturated rings. The van der Waals surface area contributed by atoms with Crippen molar-refractivity contribution in [3.05, 3.63) is 65.7 Å². The molecule has 0 aliphatic rings. The Hall–Kier alpha value is -3.29. The maximum Gasteiger partial charge on any atom is 0.374 e. The first-order chi connectivity index (χ1) is 13.4. The Morgan fingerprint density at radius 3 is 2.07 bits per heavy atom. The van der Waals surface area contributed by atoms with Crippen molar-refractivity contribution in [3.8, 4) is 5.75 Å². The molecule has 0 saturated heterocycles. The van der Waals surface area contributed by atoms with E-state index in [0.717, 1.165) is 7.11 Å². The number of carbonyl (C=O) groups is 3. The predicted molar refractivity (Wildman–Crippen MR) is 95.4 cm³/mol. The number of hydrogen-bond donors (Lipinski definition) is 0. The molecule has 0 N–H and O–H groups in total. The average molecular weight is 391 g/mol. The first kappa shape index (κ1) is 21.0. The standard InChI is InChI=1S/C20H19F2NO5/c1-27-20(26)18(24)12-19(25)23(13-14-2-4-15(21)5-3-14)10-11-28-17-8-6-16(22)7-9-17/h2-9H,10-13H2,1H3. The van der Waals surface area contributed by atoms with Crippen LogP contribution in [-0.2, 0) is 25.7 Å². The molecule has 0 radical (unpaired) electrons. The van der Waals surface area contributed by atoms with Crippen molar-refractivity contribution >= 4 is 17.7 Å². The van der Waals surface area contributed by atoms with Crippen molar-refractivity contribution in [2.75, 3.05) is 20.3 Å². The third kappa shape index (κ3) is 6.46. The molecule has 0 spiro atoms. The van der Waals surface area contributed by atoms with Crippen LogP contribution in [0.25, 0.3) is 0 Å². The van der Waals surface area contributed by atoms with Gasteiger partial charge in [-0.2, -0.15) is 0 Å². The molecule has 8 heteroatoms. The average Bonchev–Trinajstić information content (AvgIpc) is 2.69. The zero-order chi connectivity index (χ0) is 20.5. The molecule has 0 unspecified atom stereocenters. The Kier molecular flexibility index (Phi) is 7.62. The van der Waals surface area contributed by atoms with E-state index in [1.807, 2.05) is 0 Å². The normalized spacial score (nSPS) is 10.2. The van der Waals surface area contributed by atoms with Gasteiger partial charge in [-0.3, -0.25) is 9.59 Å². The lowest BCUT2D eigenvalue weighted by atomic mass is 10.2. The van der Waals surface area contributed by atoms with Crippen LogP contribution in [0.5, 0.6) is 5.75 Å². The van der Waals surface area contributed by atoms with E-state index in [1.54, 1.807) is 0 Å². The van der Waals surface area contributed by atoms with E-state index in [4.69, 9.17) is 4.74 Å². The molecule has 0 aliphatic carbocycles. The number of methoxy groups -OCH3 is 1. The Bertz CT molecular complexity index is 821. The van der Waals surface area contributed by atoms with Crippen molar-refractivity contribution < 1.29 is 32.6 Å². The molecule has 28 heavy (non-hydrogen) atoms. The number of Topliss-reactive ketones (excluding diaryl/α,β-unsaturated/α-hetero) is 1. The summed E-state index contributed by atoms with van der Waals surface area (Å²) < 4.78 is 35.8. The summed E-state index contributed by atoms with van der Waals surface area (Å²) in [5.74, 6) is -3.05. The zero-order valence-electron chi connectivity index (χ0n) is 15.2. The molecular weight excluding hydrogens is 372 g/mol. The van der Waals surface area contributed by atoms with E-state index in [9.17, 15) is 23.2 Å². The molecular formula is C20H19F2NO5. The van der Waals surface area contributed by atoms with E-state index in [1.165, 1.54) is 53.4 Å². The quantitative estimate of drug-likeness (QED) is 0.373. The first-order valence-electron chi connectivity index (χ1n) is 8.40. The van der Waals surface area contributed by atoms with Crippen molar-refractivity contribution in [1.82, 2.24) is 4.90 Å². The minimum atomic E-state index is -1.10. The summed E-state index contributed by atoms with van der Waals surface area (Å²) >= 11 is 0. The van der Waals surface area contributed by atoms with Gasteiger partial charge >= 0.3 is 5.97 Å². The Labute approximate surface area is 160 Å². The van der Waals surface area contributed by atoms with Crippen molar-refractivity contribution in [1.29, 1.82) is 0 Å². The molecule has 0 aromatic heterocycles. The Morgan fingerprint density at radius 1 is 0.929 bits per heavy atom.